The van der Waals surface area contributed by atoms with Crippen molar-refractivity contribution in [3.8, 4) is 5.88 Å². The van der Waals surface area contributed by atoms with Gasteiger partial charge < -0.3 is 15.8 Å². The van der Waals surface area contributed by atoms with Gasteiger partial charge in [0.15, 0.2) is 0 Å². The van der Waals surface area contributed by atoms with E-state index in [4.69, 9.17) is 5.73 Å². The lowest BCUT2D eigenvalue weighted by molar-refractivity contribution is 0.447. The van der Waals surface area contributed by atoms with E-state index in [0.29, 0.717) is 18.7 Å². The van der Waals surface area contributed by atoms with Crippen LogP contribution in [0.15, 0.2) is 29.1 Å². The van der Waals surface area contributed by atoms with Crippen molar-refractivity contribution in [2.75, 3.05) is 5.73 Å². The number of aromatic nitrogens is 2. The third kappa shape index (κ3) is 2.88. The van der Waals surface area contributed by atoms with Gasteiger partial charge in [0.25, 0.3) is 5.56 Å². The Hall–Kier alpha value is -2.30. The van der Waals surface area contributed by atoms with Crippen molar-refractivity contribution in [1.29, 1.82) is 0 Å². The molecule has 0 aliphatic rings. The average molecular weight is 245 g/mol. The molecule has 0 amide bonds. The molecule has 0 fully saturated rings. The molecule has 5 heteroatoms. The Morgan fingerprint density at radius 3 is 2.78 bits per heavy atom. The van der Waals surface area contributed by atoms with Crippen molar-refractivity contribution in [2.24, 2.45) is 0 Å². The number of nitrogen functional groups attached to an aromatic ring is 1. The number of benzene rings is 1. The summed E-state index contributed by atoms with van der Waals surface area (Å²) in [5.74, 6) is 0.219. The average Bonchev–Trinajstić information content (AvgIpc) is 2.29. The van der Waals surface area contributed by atoms with Crippen LogP contribution in [-0.2, 0) is 12.8 Å². The number of H-pyrrole nitrogens is 1. The van der Waals surface area contributed by atoms with Crippen LogP contribution in [0.25, 0.3) is 0 Å². The van der Waals surface area contributed by atoms with Crippen LogP contribution in [0.4, 0.5) is 5.69 Å². The highest BCUT2D eigenvalue weighted by Crippen LogP contribution is 2.14. The number of aromatic amines is 1. The Bertz CT molecular complexity index is 620. The summed E-state index contributed by atoms with van der Waals surface area (Å²) >= 11 is 0. The SMILES string of the molecule is Cc1ccc(CCc2nc(O)cc(=O)[nH]2)cc1N. The topological polar surface area (TPSA) is 92.0 Å². The van der Waals surface area contributed by atoms with Crippen molar-refractivity contribution in [3.05, 3.63) is 51.6 Å². The lowest BCUT2D eigenvalue weighted by atomic mass is 10.1. The first-order valence-electron chi connectivity index (χ1n) is 5.69. The lowest BCUT2D eigenvalue weighted by Crippen LogP contribution is -2.10. The minimum Gasteiger partial charge on any atom is -0.493 e. The molecule has 1 heterocycles. The standard InChI is InChI=1S/C13H15N3O2/c1-8-2-3-9(6-10(8)14)4-5-11-15-12(17)7-13(18)16-11/h2-3,6-7H,4-5,14H2,1H3,(H2,15,16,17,18). The quantitative estimate of drug-likeness (QED) is 0.707. The van der Waals surface area contributed by atoms with Gasteiger partial charge in [-0.15, -0.1) is 0 Å². The summed E-state index contributed by atoms with van der Waals surface area (Å²) in [6.07, 6.45) is 1.25. The Morgan fingerprint density at radius 2 is 2.11 bits per heavy atom. The lowest BCUT2D eigenvalue weighted by Gasteiger charge is -2.05. The molecule has 1 aromatic heterocycles. The summed E-state index contributed by atoms with van der Waals surface area (Å²) in [6.45, 7) is 1.95. The summed E-state index contributed by atoms with van der Waals surface area (Å²) in [6, 6.07) is 6.92. The smallest absolute Gasteiger partial charge is 0.254 e. The van der Waals surface area contributed by atoms with E-state index in [1.807, 2.05) is 25.1 Å². The molecule has 0 aliphatic carbocycles. The zero-order valence-corrected chi connectivity index (χ0v) is 10.1. The van der Waals surface area contributed by atoms with E-state index in [9.17, 15) is 9.90 Å². The molecule has 2 rings (SSSR count). The maximum Gasteiger partial charge on any atom is 0.254 e. The highest BCUT2D eigenvalue weighted by molar-refractivity contribution is 5.48. The molecule has 0 radical (unpaired) electrons. The molecule has 0 saturated carbocycles. The summed E-state index contributed by atoms with van der Waals surface area (Å²) in [7, 11) is 0. The van der Waals surface area contributed by atoms with Crippen LogP contribution < -0.4 is 11.3 Å². The second kappa shape index (κ2) is 4.91. The second-order valence-electron chi connectivity index (χ2n) is 4.24. The van der Waals surface area contributed by atoms with Crippen LogP contribution in [0.1, 0.15) is 17.0 Å². The first-order valence-corrected chi connectivity index (χ1v) is 5.69. The zero-order chi connectivity index (χ0) is 13.1. The molecule has 0 aliphatic heterocycles. The minimum absolute atomic E-state index is 0.253. The van der Waals surface area contributed by atoms with Crippen LogP contribution in [-0.4, -0.2) is 15.1 Å². The first kappa shape index (κ1) is 12.2. The van der Waals surface area contributed by atoms with E-state index < -0.39 is 0 Å². The zero-order valence-electron chi connectivity index (χ0n) is 10.1. The van der Waals surface area contributed by atoms with Crippen molar-refractivity contribution in [1.82, 2.24) is 9.97 Å². The molecule has 18 heavy (non-hydrogen) atoms. The van der Waals surface area contributed by atoms with Crippen LogP contribution in [0.2, 0.25) is 0 Å². The van der Waals surface area contributed by atoms with E-state index in [0.717, 1.165) is 22.9 Å². The number of hydrogen-bond donors (Lipinski definition) is 3. The molecule has 5 nitrogen and oxygen atoms in total. The molecular formula is C13H15N3O2. The number of rotatable bonds is 3. The molecular weight excluding hydrogens is 230 g/mol. The Morgan fingerprint density at radius 1 is 1.33 bits per heavy atom. The molecule has 0 bridgehead atoms. The van der Waals surface area contributed by atoms with Crippen molar-refractivity contribution in [2.45, 2.75) is 19.8 Å². The van der Waals surface area contributed by atoms with Gasteiger partial charge in [0, 0.05) is 12.1 Å². The van der Waals surface area contributed by atoms with E-state index >= 15 is 0 Å². The predicted octanol–water partition coefficient (Wildman–Crippen LogP) is 1.15. The normalized spacial score (nSPS) is 10.5. The molecule has 4 N–H and O–H groups in total. The van der Waals surface area contributed by atoms with Gasteiger partial charge in [-0.05, 0) is 30.5 Å². The fraction of sp³-hybridized carbons (Fsp3) is 0.231. The van der Waals surface area contributed by atoms with Crippen molar-refractivity contribution in [3.63, 3.8) is 0 Å². The number of hydrogen-bond acceptors (Lipinski definition) is 4. The largest absolute Gasteiger partial charge is 0.493 e. The first-order chi connectivity index (χ1) is 8.54. The van der Waals surface area contributed by atoms with E-state index in [-0.39, 0.29) is 11.4 Å². The third-order valence-corrected chi connectivity index (χ3v) is 2.77. The summed E-state index contributed by atoms with van der Waals surface area (Å²) in [5, 5.41) is 9.22. The maximum atomic E-state index is 11.1. The van der Waals surface area contributed by atoms with Crippen LogP contribution >= 0.6 is 0 Å². The van der Waals surface area contributed by atoms with Crippen molar-refractivity contribution < 1.29 is 5.11 Å². The molecule has 1 aromatic carbocycles. The molecule has 2 aromatic rings. The van der Waals surface area contributed by atoms with Gasteiger partial charge in [-0.25, -0.2) is 4.98 Å². The van der Waals surface area contributed by atoms with Gasteiger partial charge in [0.05, 0.1) is 6.07 Å². The molecule has 0 unspecified atom stereocenters. The van der Waals surface area contributed by atoms with Gasteiger partial charge in [0.2, 0.25) is 5.88 Å². The summed E-state index contributed by atoms with van der Waals surface area (Å²) in [4.78, 5) is 17.6. The van der Waals surface area contributed by atoms with Crippen LogP contribution in [0.3, 0.4) is 0 Å². The molecule has 0 spiro atoms. The minimum atomic E-state index is -0.346. The van der Waals surface area contributed by atoms with Gasteiger partial charge in [-0.2, -0.15) is 0 Å². The van der Waals surface area contributed by atoms with Gasteiger partial charge in [-0.1, -0.05) is 12.1 Å². The fourth-order valence-corrected chi connectivity index (χ4v) is 1.72. The summed E-state index contributed by atoms with van der Waals surface area (Å²) < 4.78 is 0. The van der Waals surface area contributed by atoms with Crippen LogP contribution in [0, 0.1) is 6.92 Å². The molecule has 0 atom stereocenters. The number of anilines is 1. The Balaban J connectivity index is 2.11. The number of aromatic hydroxyl groups is 1. The van der Waals surface area contributed by atoms with Gasteiger partial charge >= 0.3 is 0 Å². The third-order valence-electron chi connectivity index (χ3n) is 2.77. The maximum absolute atomic E-state index is 11.1. The fourth-order valence-electron chi connectivity index (χ4n) is 1.72. The molecule has 0 saturated heterocycles. The molecule has 94 valence electrons. The second-order valence-corrected chi connectivity index (χ2v) is 4.24. The highest BCUT2D eigenvalue weighted by atomic mass is 16.3. The van der Waals surface area contributed by atoms with Gasteiger partial charge in [0.1, 0.15) is 5.82 Å². The van der Waals surface area contributed by atoms with Crippen molar-refractivity contribution >= 4 is 5.69 Å². The Labute approximate surface area is 104 Å². The number of aryl methyl sites for hydroxylation is 3. The number of nitrogens with one attached hydrogen (secondary N) is 1. The monoisotopic (exact) mass is 245 g/mol. The van der Waals surface area contributed by atoms with E-state index in [1.165, 1.54) is 0 Å². The predicted molar refractivity (Wildman–Crippen MR) is 69.5 cm³/mol. The number of nitrogens with zero attached hydrogens (tertiary/aromatic N) is 1. The van der Waals surface area contributed by atoms with E-state index in [1.54, 1.807) is 0 Å². The van der Waals surface area contributed by atoms with E-state index in [2.05, 4.69) is 9.97 Å². The van der Waals surface area contributed by atoms with Crippen LogP contribution in [0.5, 0.6) is 5.88 Å². The number of nitrogens with two attached hydrogens (primary N) is 1. The Kier molecular flexibility index (Phi) is 3.32. The van der Waals surface area contributed by atoms with Gasteiger partial charge in [-0.3, -0.25) is 4.79 Å². The highest BCUT2D eigenvalue weighted by Gasteiger charge is 2.02. The summed E-state index contributed by atoms with van der Waals surface area (Å²) in [5.41, 5.74) is 8.35.